The summed E-state index contributed by atoms with van der Waals surface area (Å²) in [5.41, 5.74) is 2.83. The fraction of sp³-hybridized carbons (Fsp3) is 0.500. The molecular formula is C20H28N2OS. The van der Waals surface area contributed by atoms with Gasteiger partial charge in [-0.25, -0.2) is 0 Å². The first-order valence-corrected chi connectivity index (χ1v) is 9.66. The highest BCUT2D eigenvalue weighted by Crippen LogP contribution is 2.20. The predicted octanol–water partition coefficient (Wildman–Crippen LogP) is 3.64. The van der Waals surface area contributed by atoms with Crippen LogP contribution in [0, 0.1) is 0 Å². The smallest absolute Gasteiger partial charge is 0.0705 e. The van der Waals surface area contributed by atoms with Crippen molar-refractivity contribution in [2.45, 2.75) is 32.0 Å². The van der Waals surface area contributed by atoms with E-state index in [9.17, 15) is 0 Å². The van der Waals surface area contributed by atoms with E-state index in [0.717, 1.165) is 45.6 Å². The zero-order valence-electron chi connectivity index (χ0n) is 14.8. The van der Waals surface area contributed by atoms with Crippen molar-refractivity contribution >= 4 is 11.3 Å². The van der Waals surface area contributed by atoms with Gasteiger partial charge in [0.15, 0.2) is 0 Å². The average molecular weight is 345 g/mol. The summed E-state index contributed by atoms with van der Waals surface area (Å²) in [5, 5.41) is 2.29. The molecular weight excluding hydrogens is 316 g/mol. The Balaban J connectivity index is 1.47. The van der Waals surface area contributed by atoms with Gasteiger partial charge in [0, 0.05) is 31.1 Å². The molecule has 1 aliphatic rings. The van der Waals surface area contributed by atoms with Crippen LogP contribution >= 0.6 is 11.3 Å². The van der Waals surface area contributed by atoms with Gasteiger partial charge < -0.3 is 9.64 Å². The normalized spacial score (nSPS) is 19.0. The highest BCUT2D eigenvalue weighted by Gasteiger charge is 2.20. The number of benzene rings is 1. The van der Waals surface area contributed by atoms with Gasteiger partial charge in [-0.2, -0.15) is 0 Å². The number of rotatable bonds is 7. The van der Waals surface area contributed by atoms with Gasteiger partial charge >= 0.3 is 0 Å². The van der Waals surface area contributed by atoms with Gasteiger partial charge in [0.05, 0.1) is 12.7 Å². The number of aryl methyl sites for hydroxylation is 1. The van der Waals surface area contributed by atoms with Crippen LogP contribution in [0.4, 0.5) is 0 Å². The van der Waals surface area contributed by atoms with Crippen LogP contribution in [0.2, 0.25) is 0 Å². The summed E-state index contributed by atoms with van der Waals surface area (Å²) in [5.74, 6) is 0. The van der Waals surface area contributed by atoms with Crippen LogP contribution < -0.4 is 0 Å². The fourth-order valence-corrected chi connectivity index (χ4v) is 4.17. The zero-order chi connectivity index (χ0) is 16.8. The Bertz CT molecular complexity index is 611. The second-order valence-electron chi connectivity index (χ2n) is 6.91. The molecule has 0 aliphatic carbocycles. The Labute approximate surface area is 149 Å². The molecule has 0 saturated carbocycles. The minimum absolute atomic E-state index is 0.361. The molecule has 2 heterocycles. The third-order valence-electron chi connectivity index (χ3n) is 4.41. The first-order valence-electron chi connectivity index (χ1n) is 8.78. The standard InChI is InChI=1S/C20H28N2OS/c1-21(2)13-18-12-20(24-16-18)15-22-10-11-23-19(14-22)9-8-17-6-4-3-5-7-17/h3-7,12,16,19H,8-11,13-15H2,1-2H3. The molecule has 1 atom stereocenters. The second kappa shape index (κ2) is 8.77. The molecule has 1 saturated heterocycles. The summed E-state index contributed by atoms with van der Waals surface area (Å²) in [7, 11) is 4.24. The highest BCUT2D eigenvalue weighted by molar-refractivity contribution is 7.10. The number of morpholine rings is 1. The van der Waals surface area contributed by atoms with Crippen molar-refractivity contribution < 1.29 is 4.74 Å². The molecule has 130 valence electrons. The van der Waals surface area contributed by atoms with Crippen LogP contribution in [0.15, 0.2) is 41.8 Å². The number of hydrogen-bond acceptors (Lipinski definition) is 4. The predicted molar refractivity (Wildman–Crippen MR) is 101 cm³/mol. The van der Waals surface area contributed by atoms with Crippen LogP contribution in [0.25, 0.3) is 0 Å². The molecule has 2 aromatic rings. The maximum atomic E-state index is 5.98. The van der Waals surface area contributed by atoms with Gasteiger partial charge in [-0.3, -0.25) is 4.90 Å². The van der Waals surface area contributed by atoms with Crippen LogP contribution in [0.3, 0.4) is 0 Å². The van der Waals surface area contributed by atoms with Crippen molar-refractivity contribution in [1.29, 1.82) is 0 Å². The molecule has 1 unspecified atom stereocenters. The topological polar surface area (TPSA) is 15.7 Å². The molecule has 3 rings (SSSR count). The van der Waals surface area contributed by atoms with Crippen LogP contribution in [0.1, 0.15) is 22.4 Å². The van der Waals surface area contributed by atoms with Crippen molar-refractivity contribution in [2.75, 3.05) is 33.8 Å². The summed E-state index contributed by atoms with van der Waals surface area (Å²) < 4.78 is 5.98. The summed E-state index contributed by atoms with van der Waals surface area (Å²) in [6, 6.07) is 13.1. The molecule has 1 aromatic heterocycles. The minimum atomic E-state index is 0.361. The van der Waals surface area contributed by atoms with Crippen molar-refractivity contribution in [3.8, 4) is 0 Å². The Morgan fingerprint density at radius 3 is 2.83 bits per heavy atom. The van der Waals surface area contributed by atoms with E-state index in [0.29, 0.717) is 6.10 Å². The second-order valence-corrected chi connectivity index (χ2v) is 7.91. The van der Waals surface area contributed by atoms with Gasteiger partial charge in [-0.05, 0) is 49.5 Å². The van der Waals surface area contributed by atoms with Gasteiger partial charge in [0.25, 0.3) is 0 Å². The molecule has 1 fully saturated rings. The van der Waals surface area contributed by atoms with E-state index in [4.69, 9.17) is 4.74 Å². The lowest BCUT2D eigenvalue weighted by Gasteiger charge is -2.32. The van der Waals surface area contributed by atoms with Crippen LogP contribution in [-0.2, 0) is 24.2 Å². The van der Waals surface area contributed by atoms with Gasteiger partial charge in [-0.15, -0.1) is 11.3 Å². The summed E-state index contributed by atoms with van der Waals surface area (Å²) in [6.07, 6.45) is 2.57. The molecule has 1 aromatic carbocycles. The Morgan fingerprint density at radius 1 is 1.21 bits per heavy atom. The third kappa shape index (κ3) is 5.42. The van der Waals surface area contributed by atoms with E-state index in [-0.39, 0.29) is 0 Å². The molecule has 3 nitrogen and oxygen atoms in total. The van der Waals surface area contributed by atoms with Gasteiger partial charge in [0.2, 0.25) is 0 Å². The highest BCUT2D eigenvalue weighted by atomic mass is 32.1. The maximum absolute atomic E-state index is 5.98. The van der Waals surface area contributed by atoms with Gasteiger partial charge in [0.1, 0.15) is 0 Å². The number of ether oxygens (including phenoxy) is 1. The molecule has 0 amide bonds. The lowest BCUT2D eigenvalue weighted by molar-refractivity contribution is -0.0342. The van der Waals surface area contributed by atoms with E-state index in [1.54, 1.807) is 0 Å². The summed E-state index contributed by atoms with van der Waals surface area (Å²) in [4.78, 5) is 6.24. The third-order valence-corrected chi connectivity index (χ3v) is 5.38. The first-order chi connectivity index (χ1) is 11.7. The SMILES string of the molecule is CN(C)Cc1csc(CN2CCOC(CCc3ccccc3)C2)c1. The average Bonchev–Trinajstić information content (AvgIpc) is 3.00. The van der Waals surface area contributed by atoms with E-state index in [1.165, 1.54) is 16.0 Å². The fourth-order valence-electron chi connectivity index (χ4n) is 3.25. The van der Waals surface area contributed by atoms with Crippen LogP contribution in [0.5, 0.6) is 0 Å². The molecule has 0 bridgehead atoms. The number of nitrogens with zero attached hydrogens (tertiary/aromatic N) is 2. The Hall–Kier alpha value is -1.20. The molecule has 0 N–H and O–H groups in total. The summed E-state index contributed by atoms with van der Waals surface area (Å²) >= 11 is 1.89. The number of thiophene rings is 1. The number of hydrogen-bond donors (Lipinski definition) is 0. The molecule has 0 radical (unpaired) electrons. The Kier molecular flexibility index (Phi) is 6.44. The van der Waals surface area contributed by atoms with E-state index in [2.05, 4.69) is 65.7 Å². The lowest BCUT2D eigenvalue weighted by atomic mass is 10.1. The molecule has 4 heteroatoms. The summed E-state index contributed by atoms with van der Waals surface area (Å²) in [6.45, 7) is 5.04. The zero-order valence-corrected chi connectivity index (χ0v) is 15.6. The monoisotopic (exact) mass is 344 g/mol. The van der Waals surface area contributed by atoms with E-state index >= 15 is 0 Å². The van der Waals surface area contributed by atoms with Crippen molar-refractivity contribution in [1.82, 2.24) is 9.80 Å². The lowest BCUT2D eigenvalue weighted by Crippen LogP contribution is -2.41. The largest absolute Gasteiger partial charge is 0.376 e. The molecule has 1 aliphatic heterocycles. The molecule has 0 spiro atoms. The maximum Gasteiger partial charge on any atom is 0.0705 e. The van der Waals surface area contributed by atoms with Gasteiger partial charge in [-0.1, -0.05) is 30.3 Å². The van der Waals surface area contributed by atoms with E-state index < -0.39 is 0 Å². The van der Waals surface area contributed by atoms with Crippen LogP contribution in [-0.4, -0.2) is 49.7 Å². The first kappa shape index (κ1) is 17.6. The quantitative estimate of drug-likeness (QED) is 0.763. The van der Waals surface area contributed by atoms with Crippen molar-refractivity contribution in [3.05, 3.63) is 57.8 Å². The van der Waals surface area contributed by atoms with Crippen molar-refractivity contribution in [2.24, 2.45) is 0 Å². The Morgan fingerprint density at radius 2 is 2.04 bits per heavy atom. The van der Waals surface area contributed by atoms with Crippen molar-refractivity contribution in [3.63, 3.8) is 0 Å². The molecule has 24 heavy (non-hydrogen) atoms. The minimum Gasteiger partial charge on any atom is -0.376 e. The van der Waals surface area contributed by atoms with E-state index in [1.807, 2.05) is 11.3 Å².